The number of pyridine rings is 1. The second-order valence-electron chi connectivity index (χ2n) is 6.74. The van der Waals surface area contributed by atoms with Gasteiger partial charge in [0.15, 0.2) is 0 Å². The van der Waals surface area contributed by atoms with E-state index in [0.717, 1.165) is 30.9 Å². The number of aryl methyl sites for hydroxylation is 1. The van der Waals surface area contributed by atoms with Crippen LogP contribution in [-0.4, -0.2) is 42.0 Å². The smallest absolute Gasteiger partial charge is 0.253 e. The topological polar surface area (TPSA) is 45.2 Å². The minimum Gasteiger partial charge on any atom is -0.351 e. The van der Waals surface area contributed by atoms with E-state index in [0.29, 0.717) is 23.3 Å². The summed E-state index contributed by atoms with van der Waals surface area (Å²) in [6, 6.07) is 6.22. The fraction of sp³-hybridized carbons (Fsp3) is 0.474. The molecule has 1 aromatic carbocycles. The van der Waals surface area contributed by atoms with Crippen LogP contribution in [0.5, 0.6) is 0 Å². The minimum atomic E-state index is -0.317. The summed E-state index contributed by atoms with van der Waals surface area (Å²) in [7, 11) is 0. The van der Waals surface area contributed by atoms with Crippen molar-refractivity contribution >= 4 is 16.8 Å². The Labute approximate surface area is 142 Å². The molecular formula is C19H24FN3O. The van der Waals surface area contributed by atoms with Gasteiger partial charge in [0.05, 0.1) is 16.8 Å². The Balaban J connectivity index is 1.61. The Hall–Kier alpha value is -2.01. The third-order valence-electron chi connectivity index (χ3n) is 4.80. The van der Waals surface area contributed by atoms with E-state index in [-0.39, 0.29) is 11.7 Å². The van der Waals surface area contributed by atoms with Crippen LogP contribution in [0.3, 0.4) is 0 Å². The zero-order valence-corrected chi connectivity index (χ0v) is 14.3. The second kappa shape index (κ2) is 7.26. The number of likely N-dealkylation sites (tertiary alicyclic amines) is 1. The predicted molar refractivity (Wildman–Crippen MR) is 93.6 cm³/mol. The third-order valence-corrected chi connectivity index (χ3v) is 4.80. The normalized spacial score (nSPS) is 16.5. The Kier molecular flexibility index (Phi) is 5.09. The Morgan fingerprint density at radius 1 is 1.33 bits per heavy atom. The molecule has 1 aliphatic heterocycles. The minimum absolute atomic E-state index is 0.114. The number of piperidine rings is 1. The first-order chi connectivity index (χ1) is 11.5. The monoisotopic (exact) mass is 329 g/mol. The van der Waals surface area contributed by atoms with E-state index < -0.39 is 0 Å². The van der Waals surface area contributed by atoms with Crippen LogP contribution >= 0.6 is 0 Å². The van der Waals surface area contributed by atoms with Crippen LogP contribution in [0.1, 0.15) is 35.8 Å². The zero-order valence-electron chi connectivity index (χ0n) is 14.3. The summed E-state index contributed by atoms with van der Waals surface area (Å²) in [6.07, 6.45) is 2.47. The van der Waals surface area contributed by atoms with E-state index in [9.17, 15) is 9.18 Å². The molecule has 1 fully saturated rings. The highest BCUT2D eigenvalue weighted by Crippen LogP contribution is 2.18. The van der Waals surface area contributed by atoms with Gasteiger partial charge in [0.25, 0.3) is 5.91 Å². The predicted octanol–water partition coefficient (Wildman–Crippen LogP) is 3.14. The summed E-state index contributed by atoms with van der Waals surface area (Å²) < 4.78 is 13.3. The summed E-state index contributed by atoms with van der Waals surface area (Å²) in [5.41, 5.74) is 1.75. The van der Waals surface area contributed by atoms with Gasteiger partial charge in [-0.05, 0) is 57.0 Å². The lowest BCUT2D eigenvalue weighted by Gasteiger charge is -2.30. The van der Waals surface area contributed by atoms with Gasteiger partial charge in [-0.15, -0.1) is 0 Å². The third kappa shape index (κ3) is 3.90. The molecule has 24 heavy (non-hydrogen) atoms. The van der Waals surface area contributed by atoms with E-state index in [2.05, 4.69) is 22.1 Å². The van der Waals surface area contributed by atoms with E-state index in [1.54, 1.807) is 19.1 Å². The first-order valence-corrected chi connectivity index (χ1v) is 8.60. The molecule has 0 aliphatic carbocycles. The van der Waals surface area contributed by atoms with Crippen molar-refractivity contribution in [1.82, 2.24) is 15.2 Å². The van der Waals surface area contributed by atoms with Crippen molar-refractivity contribution in [3.05, 3.63) is 41.3 Å². The largest absolute Gasteiger partial charge is 0.351 e. The molecule has 0 saturated carbocycles. The van der Waals surface area contributed by atoms with Crippen LogP contribution in [-0.2, 0) is 0 Å². The van der Waals surface area contributed by atoms with Gasteiger partial charge < -0.3 is 10.2 Å². The number of aromatic nitrogens is 1. The molecule has 2 heterocycles. The number of carbonyl (C=O) groups excluding carboxylic acids is 1. The van der Waals surface area contributed by atoms with Crippen molar-refractivity contribution in [1.29, 1.82) is 0 Å². The van der Waals surface area contributed by atoms with Gasteiger partial charge in [-0.2, -0.15) is 0 Å². The molecule has 0 radical (unpaired) electrons. The van der Waals surface area contributed by atoms with E-state index in [1.807, 2.05) is 0 Å². The number of fused-ring (bicyclic) bond motifs is 1. The fourth-order valence-electron chi connectivity index (χ4n) is 3.17. The van der Waals surface area contributed by atoms with E-state index in [4.69, 9.17) is 0 Å². The molecule has 1 amide bonds. The molecule has 0 bridgehead atoms. The first kappa shape index (κ1) is 16.8. The van der Waals surface area contributed by atoms with Crippen molar-refractivity contribution in [2.24, 2.45) is 5.92 Å². The van der Waals surface area contributed by atoms with Gasteiger partial charge in [-0.1, -0.05) is 6.92 Å². The lowest BCUT2D eigenvalue weighted by molar-refractivity contribution is 0.0943. The van der Waals surface area contributed by atoms with Crippen LogP contribution < -0.4 is 5.32 Å². The number of carbonyl (C=O) groups is 1. The quantitative estimate of drug-likeness (QED) is 0.937. The van der Waals surface area contributed by atoms with Crippen LogP contribution in [0.2, 0.25) is 0 Å². The molecule has 1 aliphatic rings. The molecule has 3 rings (SSSR count). The molecule has 0 atom stereocenters. The van der Waals surface area contributed by atoms with Crippen molar-refractivity contribution in [3.63, 3.8) is 0 Å². The summed E-state index contributed by atoms with van der Waals surface area (Å²) in [4.78, 5) is 19.2. The molecule has 1 aromatic heterocycles. The summed E-state index contributed by atoms with van der Waals surface area (Å²) in [6.45, 7) is 7.81. The van der Waals surface area contributed by atoms with Gasteiger partial charge in [0.1, 0.15) is 5.82 Å². The molecule has 2 aromatic rings. The van der Waals surface area contributed by atoms with E-state index in [1.165, 1.54) is 25.0 Å². The molecule has 0 spiro atoms. The summed E-state index contributed by atoms with van der Waals surface area (Å²) >= 11 is 0. The molecule has 1 saturated heterocycles. The Bertz CT molecular complexity index is 739. The molecule has 5 heteroatoms. The molecule has 4 nitrogen and oxygen atoms in total. The average Bonchev–Trinajstić information content (AvgIpc) is 2.56. The maximum Gasteiger partial charge on any atom is 0.253 e. The highest BCUT2D eigenvalue weighted by molar-refractivity contribution is 5.98. The summed E-state index contributed by atoms with van der Waals surface area (Å²) in [5, 5.41) is 3.75. The number of amides is 1. The van der Waals surface area contributed by atoms with Gasteiger partial charge in [0.2, 0.25) is 0 Å². The average molecular weight is 329 g/mol. The number of hydrogen-bond donors (Lipinski definition) is 1. The van der Waals surface area contributed by atoms with Crippen molar-refractivity contribution in [2.45, 2.75) is 26.7 Å². The molecule has 1 N–H and O–H groups in total. The zero-order chi connectivity index (χ0) is 17.1. The maximum absolute atomic E-state index is 13.3. The molecule has 0 unspecified atom stereocenters. The maximum atomic E-state index is 13.3. The number of hydrogen-bond acceptors (Lipinski definition) is 3. The van der Waals surface area contributed by atoms with Gasteiger partial charge >= 0.3 is 0 Å². The molecular weight excluding hydrogens is 305 g/mol. The summed E-state index contributed by atoms with van der Waals surface area (Å²) in [5.74, 6) is 0.381. The first-order valence-electron chi connectivity index (χ1n) is 8.60. The highest BCUT2D eigenvalue weighted by atomic mass is 19.1. The van der Waals surface area contributed by atoms with Crippen LogP contribution in [0, 0.1) is 18.7 Å². The Morgan fingerprint density at radius 2 is 2.08 bits per heavy atom. The number of nitrogens with one attached hydrogen (secondary N) is 1. The second-order valence-corrected chi connectivity index (χ2v) is 6.74. The standard InChI is InChI=1S/C19H24FN3O/c1-13-5-8-23(9-6-13)10-7-21-19(24)17-11-15-3-4-16(20)12-18(15)22-14(17)2/h3-4,11-13H,5-10H2,1-2H3,(H,21,24). The van der Waals surface area contributed by atoms with Crippen LogP contribution in [0.15, 0.2) is 24.3 Å². The van der Waals surface area contributed by atoms with Crippen molar-refractivity contribution in [3.8, 4) is 0 Å². The van der Waals surface area contributed by atoms with E-state index >= 15 is 0 Å². The van der Waals surface area contributed by atoms with Gasteiger partial charge in [0, 0.05) is 24.5 Å². The lowest BCUT2D eigenvalue weighted by atomic mass is 9.99. The SMILES string of the molecule is Cc1nc2cc(F)ccc2cc1C(=O)NCCN1CCC(C)CC1. The van der Waals surface area contributed by atoms with Crippen LogP contribution in [0.25, 0.3) is 10.9 Å². The van der Waals surface area contributed by atoms with Crippen LogP contribution in [0.4, 0.5) is 4.39 Å². The van der Waals surface area contributed by atoms with Gasteiger partial charge in [-0.25, -0.2) is 4.39 Å². The highest BCUT2D eigenvalue weighted by Gasteiger charge is 2.16. The number of benzene rings is 1. The Morgan fingerprint density at radius 3 is 2.83 bits per heavy atom. The lowest BCUT2D eigenvalue weighted by Crippen LogP contribution is -2.39. The number of rotatable bonds is 4. The van der Waals surface area contributed by atoms with Crippen molar-refractivity contribution < 1.29 is 9.18 Å². The van der Waals surface area contributed by atoms with Crippen molar-refractivity contribution in [2.75, 3.05) is 26.2 Å². The molecule has 128 valence electrons. The number of halogens is 1. The number of nitrogens with zero attached hydrogens (tertiary/aromatic N) is 2. The fourth-order valence-corrected chi connectivity index (χ4v) is 3.17. The van der Waals surface area contributed by atoms with Gasteiger partial charge in [-0.3, -0.25) is 9.78 Å².